The summed E-state index contributed by atoms with van der Waals surface area (Å²) in [7, 11) is 0. The molecule has 0 saturated carbocycles. The first-order valence-electron chi connectivity index (χ1n) is 10.1. The molecule has 3 rings (SSSR count). The molecule has 31 heavy (non-hydrogen) atoms. The van der Waals surface area contributed by atoms with E-state index in [-0.39, 0.29) is 13.0 Å². The van der Waals surface area contributed by atoms with Crippen molar-refractivity contribution in [3.05, 3.63) is 78.1 Å². The maximum atomic E-state index is 12.6. The third-order valence-electron chi connectivity index (χ3n) is 4.76. The van der Waals surface area contributed by atoms with Crippen LogP contribution in [-0.2, 0) is 11.3 Å². The highest BCUT2D eigenvalue weighted by Crippen LogP contribution is 2.23. The third-order valence-corrected chi connectivity index (χ3v) is 4.76. The number of carboxylic acid groups (broad SMARTS) is 1. The number of hydroxylamine groups is 2. The van der Waals surface area contributed by atoms with Crippen molar-refractivity contribution in [1.29, 1.82) is 0 Å². The van der Waals surface area contributed by atoms with Gasteiger partial charge in [-0.1, -0.05) is 30.3 Å². The van der Waals surface area contributed by atoms with Crippen LogP contribution in [0.5, 0.6) is 5.75 Å². The minimum Gasteiger partial charge on any atom is -0.493 e. The molecule has 1 aromatic heterocycles. The van der Waals surface area contributed by atoms with E-state index in [4.69, 9.17) is 14.3 Å². The summed E-state index contributed by atoms with van der Waals surface area (Å²) in [5, 5.41) is 19.7. The zero-order valence-corrected chi connectivity index (χ0v) is 17.1. The molecule has 2 aromatic carbocycles. The second kappa shape index (κ2) is 11.0. The van der Waals surface area contributed by atoms with E-state index < -0.39 is 11.9 Å². The molecule has 0 saturated heterocycles. The number of furan rings is 1. The van der Waals surface area contributed by atoms with E-state index in [0.29, 0.717) is 40.7 Å². The Bertz CT molecular complexity index is 982. The van der Waals surface area contributed by atoms with Crippen molar-refractivity contribution in [1.82, 2.24) is 5.06 Å². The summed E-state index contributed by atoms with van der Waals surface area (Å²) in [6.07, 6.45) is 3.83. The molecule has 0 fully saturated rings. The summed E-state index contributed by atoms with van der Waals surface area (Å²) in [6.45, 7) is 0.415. The molecule has 0 aliphatic heterocycles. The Labute approximate surface area is 180 Å². The van der Waals surface area contributed by atoms with Gasteiger partial charge in [0.05, 0.1) is 19.4 Å². The molecule has 1 amide bonds. The van der Waals surface area contributed by atoms with Gasteiger partial charge in [-0.25, -0.2) is 5.06 Å². The lowest BCUT2D eigenvalue weighted by molar-refractivity contribution is -0.137. The Morgan fingerprint density at radius 1 is 0.935 bits per heavy atom. The van der Waals surface area contributed by atoms with Gasteiger partial charge in [-0.2, -0.15) is 0 Å². The van der Waals surface area contributed by atoms with E-state index in [1.165, 1.54) is 0 Å². The SMILES string of the molecule is O=C(O)CCCCCOc1ccccc1CN(O)C(=O)c1ccc(-c2ccco2)cc1. The lowest BCUT2D eigenvalue weighted by Gasteiger charge is -2.18. The summed E-state index contributed by atoms with van der Waals surface area (Å²) >= 11 is 0. The number of carbonyl (C=O) groups is 2. The molecule has 1 heterocycles. The zero-order chi connectivity index (χ0) is 22.1. The summed E-state index contributed by atoms with van der Waals surface area (Å²) in [5.74, 6) is -0.0290. The lowest BCUT2D eigenvalue weighted by atomic mass is 10.1. The number of carbonyl (C=O) groups excluding carboxylic acids is 1. The maximum Gasteiger partial charge on any atom is 0.303 e. The van der Waals surface area contributed by atoms with Gasteiger partial charge in [0, 0.05) is 23.1 Å². The minimum absolute atomic E-state index is 0.0199. The van der Waals surface area contributed by atoms with Gasteiger partial charge in [-0.05, 0) is 49.6 Å². The number of para-hydroxylation sites is 1. The number of amides is 1. The van der Waals surface area contributed by atoms with Crippen molar-refractivity contribution in [3.8, 4) is 17.1 Å². The van der Waals surface area contributed by atoms with Crippen LogP contribution in [0.2, 0.25) is 0 Å². The first kappa shape index (κ1) is 22.1. The molecule has 0 atom stereocenters. The topological polar surface area (TPSA) is 100 Å². The molecule has 0 bridgehead atoms. The number of unbranched alkanes of at least 4 members (excludes halogenated alkanes) is 2. The highest BCUT2D eigenvalue weighted by Gasteiger charge is 2.16. The van der Waals surface area contributed by atoms with Crippen LogP contribution < -0.4 is 4.74 Å². The standard InChI is InChI=1S/C24H25NO6/c26-23(27)10-2-1-5-15-30-22-8-4-3-7-20(22)17-25(29)24(28)19-13-11-18(12-14-19)21-9-6-16-31-21/h3-4,6-9,11-14,16,29H,1-2,5,10,15,17H2,(H,26,27). The number of hydrogen-bond donors (Lipinski definition) is 2. The predicted octanol–water partition coefficient (Wildman–Crippen LogP) is 5.00. The molecule has 162 valence electrons. The highest BCUT2D eigenvalue weighted by atomic mass is 16.5. The van der Waals surface area contributed by atoms with Crippen molar-refractivity contribution < 1.29 is 29.1 Å². The number of carboxylic acids is 1. The van der Waals surface area contributed by atoms with Gasteiger partial charge in [-0.3, -0.25) is 14.8 Å². The van der Waals surface area contributed by atoms with Crippen LogP contribution >= 0.6 is 0 Å². The Morgan fingerprint density at radius 3 is 2.42 bits per heavy atom. The van der Waals surface area contributed by atoms with E-state index in [1.807, 2.05) is 18.2 Å². The van der Waals surface area contributed by atoms with Crippen molar-refractivity contribution >= 4 is 11.9 Å². The van der Waals surface area contributed by atoms with E-state index in [0.717, 1.165) is 18.4 Å². The molecule has 2 N–H and O–H groups in total. The summed E-state index contributed by atoms with van der Waals surface area (Å²) < 4.78 is 11.1. The van der Waals surface area contributed by atoms with E-state index >= 15 is 0 Å². The average Bonchev–Trinajstić information content (AvgIpc) is 3.31. The quantitative estimate of drug-likeness (QED) is 0.256. The van der Waals surface area contributed by atoms with Crippen LogP contribution in [0.25, 0.3) is 11.3 Å². The average molecular weight is 423 g/mol. The van der Waals surface area contributed by atoms with E-state index in [9.17, 15) is 14.8 Å². The first-order chi connectivity index (χ1) is 15.0. The van der Waals surface area contributed by atoms with Crippen LogP contribution in [0.15, 0.2) is 71.3 Å². The molecule has 3 aromatic rings. The van der Waals surface area contributed by atoms with E-state index in [1.54, 1.807) is 48.7 Å². The number of rotatable bonds is 11. The molecular formula is C24H25NO6. The smallest absolute Gasteiger partial charge is 0.303 e. The summed E-state index contributed by atoms with van der Waals surface area (Å²) in [5.41, 5.74) is 1.87. The number of ether oxygens (including phenoxy) is 1. The molecule has 0 aliphatic rings. The molecular weight excluding hydrogens is 398 g/mol. The Kier molecular flexibility index (Phi) is 7.84. The van der Waals surface area contributed by atoms with Crippen LogP contribution in [0.4, 0.5) is 0 Å². The normalized spacial score (nSPS) is 10.6. The zero-order valence-electron chi connectivity index (χ0n) is 17.1. The van der Waals surface area contributed by atoms with Gasteiger partial charge in [-0.15, -0.1) is 0 Å². The molecule has 0 spiro atoms. The van der Waals surface area contributed by atoms with Crippen molar-refractivity contribution in [2.45, 2.75) is 32.2 Å². The van der Waals surface area contributed by atoms with Crippen molar-refractivity contribution in [2.24, 2.45) is 0 Å². The first-order valence-corrected chi connectivity index (χ1v) is 10.1. The molecule has 0 unspecified atom stereocenters. The third kappa shape index (κ3) is 6.45. The van der Waals surface area contributed by atoms with Crippen LogP contribution in [0.3, 0.4) is 0 Å². The van der Waals surface area contributed by atoms with Gasteiger partial charge in [0.15, 0.2) is 0 Å². The highest BCUT2D eigenvalue weighted by molar-refractivity contribution is 5.93. The van der Waals surface area contributed by atoms with Gasteiger partial charge in [0.1, 0.15) is 11.5 Å². The van der Waals surface area contributed by atoms with Gasteiger partial charge < -0.3 is 14.3 Å². The van der Waals surface area contributed by atoms with Crippen molar-refractivity contribution in [3.63, 3.8) is 0 Å². The second-order valence-corrected chi connectivity index (χ2v) is 7.08. The second-order valence-electron chi connectivity index (χ2n) is 7.08. The van der Waals surface area contributed by atoms with Crippen molar-refractivity contribution in [2.75, 3.05) is 6.61 Å². The predicted molar refractivity (Wildman–Crippen MR) is 114 cm³/mol. The van der Waals surface area contributed by atoms with Crippen LogP contribution in [0, 0.1) is 0 Å². The van der Waals surface area contributed by atoms with Gasteiger partial charge in [0.2, 0.25) is 0 Å². The lowest BCUT2D eigenvalue weighted by Crippen LogP contribution is -2.27. The largest absolute Gasteiger partial charge is 0.493 e. The minimum atomic E-state index is -0.797. The Balaban J connectivity index is 1.55. The molecule has 0 aliphatic carbocycles. The number of nitrogens with zero attached hydrogens (tertiary/aromatic N) is 1. The molecule has 7 heteroatoms. The fourth-order valence-electron chi connectivity index (χ4n) is 3.11. The van der Waals surface area contributed by atoms with Gasteiger partial charge in [0.25, 0.3) is 5.91 Å². The Hall–Kier alpha value is -3.58. The number of aliphatic carboxylic acids is 1. The number of hydrogen-bond acceptors (Lipinski definition) is 5. The maximum absolute atomic E-state index is 12.6. The van der Waals surface area contributed by atoms with Crippen LogP contribution in [0.1, 0.15) is 41.6 Å². The van der Waals surface area contributed by atoms with Gasteiger partial charge >= 0.3 is 5.97 Å². The van der Waals surface area contributed by atoms with Crippen LogP contribution in [-0.4, -0.2) is 33.9 Å². The molecule has 7 nitrogen and oxygen atoms in total. The molecule has 0 radical (unpaired) electrons. The van der Waals surface area contributed by atoms with E-state index in [2.05, 4.69) is 0 Å². The Morgan fingerprint density at radius 2 is 1.71 bits per heavy atom. The monoisotopic (exact) mass is 423 g/mol. The summed E-state index contributed by atoms with van der Waals surface area (Å²) in [4.78, 5) is 23.1. The number of benzene rings is 2. The summed E-state index contributed by atoms with van der Waals surface area (Å²) in [6, 6.07) is 17.6. The fraction of sp³-hybridized carbons (Fsp3) is 0.250. The fourth-order valence-corrected chi connectivity index (χ4v) is 3.11.